The van der Waals surface area contributed by atoms with Gasteiger partial charge in [-0.05, 0) is 0 Å². The Kier molecular flexibility index (Phi) is 6.23. The highest BCUT2D eigenvalue weighted by molar-refractivity contribution is 6.08. The maximum atomic E-state index is 13.5. The van der Waals surface area contributed by atoms with E-state index in [1.807, 2.05) is 19.6 Å². The summed E-state index contributed by atoms with van der Waals surface area (Å²) in [4.78, 5) is 62.8. The lowest BCUT2D eigenvalue weighted by atomic mass is 9.94. The van der Waals surface area contributed by atoms with Crippen LogP contribution in [0.4, 0.5) is 0 Å². The third-order valence-corrected chi connectivity index (χ3v) is 6.97. The van der Waals surface area contributed by atoms with Crippen LogP contribution in [0.2, 0.25) is 0 Å². The van der Waals surface area contributed by atoms with E-state index in [2.05, 4.69) is 0 Å². The maximum absolute atomic E-state index is 13.5. The molecule has 5 fully saturated rings. The van der Waals surface area contributed by atoms with E-state index in [1.54, 1.807) is 0 Å². The number of morpholine rings is 2. The van der Waals surface area contributed by atoms with Crippen LogP contribution in [0.3, 0.4) is 0 Å². The Morgan fingerprint density at radius 2 is 0.969 bits per heavy atom. The molecule has 12 nitrogen and oxygen atoms in total. The number of imide groups is 2. The molecular formula is C20H30N6O6. The van der Waals surface area contributed by atoms with E-state index in [-0.39, 0.29) is 50.1 Å². The van der Waals surface area contributed by atoms with Gasteiger partial charge in [0.1, 0.15) is 12.1 Å². The molecule has 0 aliphatic carbocycles. The number of hydrogen-bond donors (Lipinski definition) is 0. The minimum absolute atomic E-state index is 0.107. The van der Waals surface area contributed by atoms with Crippen LogP contribution in [-0.2, 0) is 28.7 Å². The van der Waals surface area contributed by atoms with Crippen LogP contribution in [0.25, 0.3) is 0 Å². The van der Waals surface area contributed by atoms with Crippen LogP contribution in [-0.4, -0.2) is 157 Å². The summed E-state index contributed by atoms with van der Waals surface area (Å²) >= 11 is 0. The maximum Gasteiger partial charge on any atom is 0.249 e. The van der Waals surface area contributed by atoms with Crippen LogP contribution in [0.15, 0.2) is 0 Å². The molecule has 0 saturated carbocycles. The molecule has 4 amide bonds. The second-order valence-electron chi connectivity index (χ2n) is 8.89. The number of carbonyl (C=O) groups excluding carboxylic acids is 4. The van der Waals surface area contributed by atoms with Crippen molar-refractivity contribution in [2.45, 2.75) is 12.1 Å². The first-order valence-electron chi connectivity index (χ1n) is 11.3. The van der Waals surface area contributed by atoms with Gasteiger partial charge in [0, 0.05) is 39.3 Å². The van der Waals surface area contributed by atoms with Gasteiger partial charge < -0.3 is 9.47 Å². The van der Waals surface area contributed by atoms with Crippen molar-refractivity contribution in [3.63, 3.8) is 0 Å². The molecule has 0 N–H and O–H groups in total. The first-order chi connectivity index (χ1) is 15.5. The fourth-order valence-corrected chi connectivity index (χ4v) is 5.14. The highest BCUT2D eigenvalue weighted by Gasteiger charge is 2.55. The summed E-state index contributed by atoms with van der Waals surface area (Å²) in [6.45, 7) is 6.49. The molecule has 2 atom stereocenters. The first kappa shape index (κ1) is 21.9. The van der Waals surface area contributed by atoms with Crippen molar-refractivity contribution in [1.82, 2.24) is 29.4 Å². The van der Waals surface area contributed by atoms with Gasteiger partial charge in [-0.1, -0.05) is 0 Å². The van der Waals surface area contributed by atoms with Crippen molar-refractivity contribution in [3.05, 3.63) is 0 Å². The summed E-state index contributed by atoms with van der Waals surface area (Å²) in [5.74, 6) is -1.18. The Balaban J connectivity index is 1.34. The van der Waals surface area contributed by atoms with E-state index in [9.17, 15) is 19.2 Å². The third-order valence-electron chi connectivity index (χ3n) is 6.97. The largest absolute Gasteiger partial charge is 0.379 e. The van der Waals surface area contributed by atoms with Crippen LogP contribution in [0, 0.1) is 0 Å². The van der Waals surface area contributed by atoms with E-state index < -0.39 is 12.1 Å². The first-order valence-corrected chi connectivity index (χ1v) is 11.3. The summed E-state index contributed by atoms with van der Waals surface area (Å²) in [5, 5.41) is 0. The van der Waals surface area contributed by atoms with E-state index in [0.717, 1.165) is 0 Å². The van der Waals surface area contributed by atoms with Crippen molar-refractivity contribution in [3.8, 4) is 0 Å². The van der Waals surface area contributed by atoms with Gasteiger partial charge in [-0.25, -0.2) is 0 Å². The topological polar surface area (TPSA) is 106 Å². The van der Waals surface area contributed by atoms with E-state index in [0.29, 0.717) is 65.7 Å². The monoisotopic (exact) mass is 450 g/mol. The molecule has 5 aliphatic heterocycles. The summed E-state index contributed by atoms with van der Waals surface area (Å²) < 4.78 is 10.7. The van der Waals surface area contributed by atoms with Gasteiger partial charge in [0.15, 0.2) is 0 Å². The van der Waals surface area contributed by atoms with Crippen LogP contribution in [0.5, 0.6) is 0 Å². The summed E-state index contributed by atoms with van der Waals surface area (Å²) in [5.41, 5.74) is 0. The number of amides is 4. The standard InChI is InChI=1S/C20H30N6O6/c27-15-11-23-1-2-24-12-16(28)26(14-22-5-9-32-10-6-22)20(30)18(24)17(23)19(29)25(15)13-21-3-7-31-8-4-21/h17-18H,1-14H2/t17-,18?/m0/s1. The number of ether oxygens (including phenoxy) is 2. The van der Waals surface area contributed by atoms with E-state index in [4.69, 9.17) is 9.47 Å². The molecule has 0 spiro atoms. The molecule has 1 unspecified atom stereocenters. The normalized spacial score (nSPS) is 31.8. The Morgan fingerprint density at radius 3 is 1.34 bits per heavy atom. The highest BCUT2D eigenvalue weighted by atomic mass is 16.5. The number of nitrogens with zero attached hydrogens (tertiary/aromatic N) is 6. The summed E-state index contributed by atoms with van der Waals surface area (Å²) in [6, 6.07) is -1.51. The molecule has 5 saturated heterocycles. The number of piperazine rings is 3. The van der Waals surface area contributed by atoms with Crippen LogP contribution < -0.4 is 0 Å². The molecule has 12 heteroatoms. The molecule has 0 radical (unpaired) electrons. The average Bonchev–Trinajstić information content (AvgIpc) is 2.80. The van der Waals surface area contributed by atoms with Gasteiger partial charge in [-0.3, -0.25) is 48.6 Å². The van der Waals surface area contributed by atoms with Gasteiger partial charge in [-0.15, -0.1) is 0 Å². The lowest BCUT2D eigenvalue weighted by Gasteiger charge is -2.52. The predicted molar refractivity (Wildman–Crippen MR) is 109 cm³/mol. The Labute approximate surface area is 186 Å². The molecule has 5 rings (SSSR count). The number of rotatable bonds is 4. The minimum Gasteiger partial charge on any atom is -0.379 e. The van der Waals surface area contributed by atoms with Crippen molar-refractivity contribution < 1.29 is 28.7 Å². The Hall–Kier alpha value is -1.96. The summed E-state index contributed by atoms with van der Waals surface area (Å²) in [6.07, 6.45) is 0. The summed E-state index contributed by atoms with van der Waals surface area (Å²) in [7, 11) is 0. The zero-order valence-corrected chi connectivity index (χ0v) is 18.2. The Bertz CT molecular complexity index is 719. The van der Waals surface area contributed by atoms with E-state index in [1.165, 1.54) is 9.80 Å². The number of hydrogen-bond acceptors (Lipinski definition) is 10. The number of carbonyl (C=O) groups is 4. The molecule has 0 aromatic carbocycles. The quantitative estimate of drug-likeness (QED) is 0.404. The second kappa shape index (κ2) is 9.12. The molecule has 0 bridgehead atoms. The SMILES string of the molecule is O=C1CN2CCN3CC(=O)N(CN4CCOCC4)C(=O)[C@@H]3C2C(=O)N1CN1CCOCC1. The smallest absolute Gasteiger partial charge is 0.249 e. The van der Waals surface area contributed by atoms with Crippen LogP contribution >= 0.6 is 0 Å². The van der Waals surface area contributed by atoms with Crippen molar-refractivity contribution in [2.75, 3.05) is 92.1 Å². The fraction of sp³-hybridized carbons (Fsp3) is 0.800. The van der Waals surface area contributed by atoms with Gasteiger partial charge in [-0.2, -0.15) is 0 Å². The molecule has 0 aromatic rings. The molecule has 5 aliphatic rings. The molecule has 0 aromatic heterocycles. The third kappa shape index (κ3) is 4.06. The van der Waals surface area contributed by atoms with Crippen molar-refractivity contribution >= 4 is 23.6 Å². The lowest BCUT2D eigenvalue weighted by molar-refractivity contribution is -0.177. The lowest BCUT2D eigenvalue weighted by Crippen LogP contribution is -2.76. The molecule has 176 valence electrons. The predicted octanol–water partition coefficient (Wildman–Crippen LogP) is -3.34. The minimum atomic E-state index is -0.754. The Morgan fingerprint density at radius 1 is 0.594 bits per heavy atom. The average molecular weight is 450 g/mol. The van der Waals surface area contributed by atoms with Gasteiger partial charge in [0.2, 0.25) is 23.6 Å². The van der Waals surface area contributed by atoms with Crippen molar-refractivity contribution in [1.29, 1.82) is 0 Å². The van der Waals surface area contributed by atoms with Gasteiger partial charge >= 0.3 is 0 Å². The molecular weight excluding hydrogens is 420 g/mol. The molecule has 32 heavy (non-hydrogen) atoms. The van der Waals surface area contributed by atoms with Gasteiger partial charge in [0.05, 0.1) is 52.9 Å². The fourth-order valence-electron chi connectivity index (χ4n) is 5.14. The van der Waals surface area contributed by atoms with Crippen LogP contribution in [0.1, 0.15) is 0 Å². The number of fused-ring (bicyclic) bond motifs is 3. The van der Waals surface area contributed by atoms with E-state index >= 15 is 0 Å². The van der Waals surface area contributed by atoms with Gasteiger partial charge in [0.25, 0.3) is 0 Å². The zero-order chi connectivity index (χ0) is 22.2. The second-order valence-corrected chi connectivity index (χ2v) is 8.89. The van der Waals surface area contributed by atoms with Crippen molar-refractivity contribution in [2.24, 2.45) is 0 Å². The molecule has 5 heterocycles. The zero-order valence-electron chi connectivity index (χ0n) is 18.2. The highest BCUT2D eigenvalue weighted by Crippen LogP contribution is 2.28.